The third-order valence-electron chi connectivity index (χ3n) is 3.09. The zero-order chi connectivity index (χ0) is 14.3. The van der Waals surface area contributed by atoms with Gasteiger partial charge in [0.1, 0.15) is 0 Å². The van der Waals surface area contributed by atoms with Crippen LogP contribution in [-0.2, 0) is 11.3 Å². The van der Waals surface area contributed by atoms with E-state index in [1.807, 2.05) is 6.07 Å². The summed E-state index contributed by atoms with van der Waals surface area (Å²) in [4.78, 5) is 10.9. The normalized spacial score (nSPS) is 11.5. The lowest BCUT2D eigenvalue weighted by atomic mass is 9.89. The number of rotatable bonds is 8. The summed E-state index contributed by atoms with van der Waals surface area (Å²) in [5, 5.41) is 12.3. The molecule has 4 heteroatoms. The van der Waals surface area contributed by atoms with Gasteiger partial charge in [0.2, 0.25) is 0 Å². The minimum atomic E-state index is -0.887. The van der Waals surface area contributed by atoms with Crippen LogP contribution in [0, 0.1) is 5.41 Å². The van der Waals surface area contributed by atoms with Crippen LogP contribution in [0.2, 0.25) is 0 Å². The highest BCUT2D eigenvalue weighted by atomic mass is 16.5. The van der Waals surface area contributed by atoms with Gasteiger partial charge >= 0.3 is 5.97 Å². The Kier molecular flexibility index (Phi) is 5.99. The average molecular weight is 265 g/mol. The Hall–Kier alpha value is -1.39. The first-order chi connectivity index (χ1) is 8.94. The highest BCUT2D eigenvalue weighted by Crippen LogP contribution is 2.19. The van der Waals surface area contributed by atoms with Crippen LogP contribution in [0.1, 0.15) is 36.2 Å². The molecule has 1 rings (SSSR count). The molecule has 0 aliphatic heterocycles. The van der Waals surface area contributed by atoms with E-state index in [4.69, 9.17) is 9.84 Å². The molecule has 0 fully saturated rings. The quantitative estimate of drug-likeness (QED) is 0.758. The summed E-state index contributed by atoms with van der Waals surface area (Å²) < 4.78 is 5.09. The van der Waals surface area contributed by atoms with Crippen molar-refractivity contribution in [3.8, 4) is 0 Å². The Morgan fingerprint density at radius 1 is 1.42 bits per heavy atom. The summed E-state index contributed by atoms with van der Waals surface area (Å²) in [6.07, 6.45) is 0.992. The number of hydrogen-bond donors (Lipinski definition) is 2. The average Bonchev–Trinajstić information content (AvgIpc) is 2.36. The van der Waals surface area contributed by atoms with Gasteiger partial charge in [-0.05, 0) is 29.5 Å². The number of nitrogens with one attached hydrogen (secondary N) is 1. The van der Waals surface area contributed by atoms with Crippen molar-refractivity contribution >= 4 is 5.97 Å². The Balaban J connectivity index is 2.44. The van der Waals surface area contributed by atoms with Gasteiger partial charge in [-0.1, -0.05) is 26.0 Å². The maximum atomic E-state index is 10.9. The van der Waals surface area contributed by atoms with E-state index in [1.165, 1.54) is 0 Å². The van der Waals surface area contributed by atoms with Crippen LogP contribution in [0.25, 0.3) is 0 Å². The fourth-order valence-electron chi connectivity index (χ4n) is 1.83. The molecule has 2 N–H and O–H groups in total. The summed E-state index contributed by atoms with van der Waals surface area (Å²) in [5.74, 6) is -0.887. The number of benzene rings is 1. The van der Waals surface area contributed by atoms with Crippen molar-refractivity contribution in [2.45, 2.75) is 26.8 Å². The molecule has 0 atom stereocenters. The largest absolute Gasteiger partial charge is 0.478 e. The molecule has 19 heavy (non-hydrogen) atoms. The van der Waals surface area contributed by atoms with E-state index in [-0.39, 0.29) is 5.41 Å². The van der Waals surface area contributed by atoms with Crippen LogP contribution >= 0.6 is 0 Å². The molecule has 0 amide bonds. The van der Waals surface area contributed by atoms with Gasteiger partial charge in [0.25, 0.3) is 0 Å². The standard InChI is InChI=1S/C15H23NO3/c1-15(2,7-8-19-3)11-16-10-12-5-4-6-13(9-12)14(17)18/h4-6,9,16H,7-8,10-11H2,1-3H3,(H,17,18). The van der Waals surface area contributed by atoms with Crippen molar-refractivity contribution in [1.82, 2.24) is 5.32 Å². The molecule has 0 aromatic heterocycles. The second kappa shape index (κ2) is 7.26. The molecule has 0 spiro atoms. The predicted octanol–water partition coefficient (Wildman–Crippen LogP) is 2.54. The van der Waals surface area contributed by atoms with Gasteiger partial charge in [0, 0.05) is 26.8 Å². The Labute approximate surface area is 114 Å². The number of ether oxygens (including phenoxy) is 1. The predicted molar refractivity (Wildman–Crippen MR) is 75.4 cm³/mol. The van der Waals surface area contributed by atoms with Crippen molar-refractivity contribution < 1.29 is 14.6 Å². The molecule has 0 aliphatic carbocycles. The first kappa shape index (κ1) is 15.7. The van der Waals surface area contributed by atoms with Crippen LogP contribution in [0.5, 0.6) is 0 Å². The van der Waals surface area contributed by atoms with E-state index in [2.05, 4.69) is 19.2 Å². The van der Waals surface area contributed by atoms with Gasteiger partial charge in [-0.3, -0.25) is 0 Å². The Bertz CT molecular complexity index is 416. The van der Waals surface area contributed by atoms with Crippen LogP contribution in [-0.4, -0.2) is 31.3 Å². The first-order valence-electron chi connectivity index (χ1n) is 6.46. The summed E-state index contributed by atoms with van der Waals surface area (Å²) in [5.41, 5.74) is 1.49. The zero-order valence-electron chi connectivity index (χ0n) is 11.9. The van der Waals surface area contributed by atoms with Gasteiger partial charge in [0.15, 0.2) is 0 Å². The van der Waals surface area contributed by atoms with Crippen molar-refractivity contribution in [3.63, 3.8) is 0 Å². The first-order valence-corrected chi connectivity index (χ1v) is 6.46. The maximum absolute atomic E-state index is 10.9. The van der Waals surface area contributed by atoms with E-state index in [9.17, 15) is 4.79 Å². The maximum Gasteiger partial charge on any atom is 0.335 e. The summed E-state index contributed by atoms with van der Waals surface area (Å²) in [6.45, 7) is 6.67. The SMILES string of the molecule is COCCC(C)(C)CNCc1cccc(C(=O)O)c1. The number of carbonyl (C=O) groups is 1. The molecule has 0 saturated heterocycles. The molecule has 0 radical (unpaired) electrons. The minimum Gasteiger partial charge on any atom is -0.478 e. The lowest BCUT2D eigenvalue weighted by molar-refractivity contribution is 0.0696. The van der Waals surface area contributed by atoms with Crippen LogP contribution in [0.3, 0.4) is 0 Å². The fraction of sp³-hybridized carbons (Fsp3) is 0.533. The highest BCUT2D eigenvalue weighted by Gasteiger charge is 2.16. The van der Waals surface area contributed by atoms with Crippen molar-refractivity contribution in [2.24, 2.45) is 5.41 Å². The van der Waals surface area contributed by atoms with E-state index in [0.29, 0.717) is 12.1 Å². The van der Waals surface area contributed by atoms with Crippen molar-refractivity contribution in [1.29, 1.82) is 0 Å². The molecular formula is C15H23NO3. The monoisotopic (exact) mass is 265 g/mol. The molecule has 106 valence electrons. The summed E-state index contributed by atoms with van der Waals surface area (Å²) in [6, 6.07) is 7.02. The minimum absolute atomic E-state index is 0.167. The third kappa shape index (κ3) is 5.85. The van der Waals surface area contributed by atoms with Gasteiger partial charge in [-0.15, -0.1) is 0 Å². The summed E-state index contributed by atoms with van der Waals surface area (Å²) in [7, 11) is 1.71. The number of methoxy groups -OCH3 is 1. The van der Waals surface area contributed by atoms with E-state index < -0.39 is 5.97 Å². The third-order valence-corrected chi connectivity index (χ3v) is 3.09. The second-order valence-corrected chi connectivity index (χ2v) is 5.52. The van der Waals surface area contributed by atoms with Crippen LogP contribution in [0.15, 0.2) is 24.3 Å². The van der Waals surface area contributed by atoms with Gasteiger partial charge in [-0.2, -0.15) is 0 Å². The molecule has 0 bridgehead atoms. The van der Waals surface area contributed by atoms with E-state index in [0.717, 1.165) is 25.1 Å². The number of carboxylic acid groups (broad SMARTS) is 1. The molecule has 0 saturated carbocycles. The molecule has 1 aromatic rings. The number of hydrogen-bond acceptors (Lipinski definition) is 3. The van der Waals surface area contributed by atoms with Crippen molar-refractivity contribution in [2.75, 3.05) is 20.3 Å². The molecule has 4 nitrogen and oxygen atoms in total. The number of carboxylic acids is 1. The number of aromatic carboxylic acids is 1. The zero-order valence-corrected chi connectivity index (χ0v) is 11.9. The fourth-order valence-corrected chi connectivity index (χ4v) is 1.83. The Morgan fingerprint density at radius 2 is 2.16 bits per heavy atom. The molecule has 1 aromatic carbocycles. The van der Waals surface area contributed by atoms with Gasteiger partial charge in [-0.25, -0.2) is 4.79 Å². The van der Waals surface area contributed by atoms with Gasteiger partial charge in [0.05, 0.1) is 5.56 Å². The molecule has 0 heterocycles. The highest BCUT2D eigenvalue weighted by molar-refractivity contribution is 5.87. The smallest absolute Gasteiger partial charge is 0.335 e. The van der Waals surface area contributed by atoms with E-state index >= 15 is 0 Å². The van der Waals surface area contributed by atoms with Crippen LogP contribution < -0.4 is 5.32 Å². The van der Waals surface area contributed by atoms with E-state index in [1.54, 1.807) is 25.3 Å². The van der Waals surface area contributed by atoms with Crippen molar-refractivity contribution in [3.05, 3.63) is 35.4 Å². The molecule has 0 aliphatic rings. The summed E-state index contributed by atoms with van der Waals surface area (Å²) >= 11 is 0. The Morgan fingerprint density at radius 3 is 2.79 bits per heavy atom. The lowest BCUT2D eigenvalue weighted by Crippen LogP contribution is -2.30. The second-order valence-electron chi connectivity index (χ2n) is 5.52. The topological polar surface area (TPSA) is 58.6 Å². The van der Waals surface area contributed by atoms with Gasteiger partial charge < -0.3 is 15.2 Å². The molecular weight excluding hydrogens is 242 g/mol. The van der Waals surface area contributed by atoms with Crippen LogP contribution in [0.4, 0.5) is 0 Å². The lowest BCUT2D eigenvalue weighted by Gasteiger charge is -2.24. The molecule has 0 unspecified atom stereocenters.